The molecule has 1 heterocycles. The molecular formula is C16H16FN3OS. The Morgan fingerprint density at radius 1 is 1.36 bits per heavy atom. The maximum absolute atomic E-state index is 13.4. The number of nitrogens with one attached hydrogen (secondary N) is 2. The highest BCUT2D eigenvalue weighted by atomic mass is 32.1. The second-order valence-electron chi connectivity index (χ2n) is 4.82. The number of anilines is 1. The SMILES string of the molecule is Cc1sc(NC(=O)NCCc2ccccc2F)c(C#N)c1C. The van der Waals surface area contributed by atoms with Gasteiger partial charge in [0, 0.05) is 11.4 Å². The number of carbonyl (C=O) groups is 1. The van der Waals surface area contributed by atoms with E-state index in [1.165, 1.54) is 17.4 Å². The summed E-state index contributed by atoms with van der Waals surface area (Å²) >= 11 is 1.37. The van der Waals surface area contributed by atoms with Crippen LogP contribution in [0.25, 0.3) is 0 Å². The zero-order valence-electron chi connectivity index (χ0n) is 12.4. The number of benzene rings is 1. The Morgan fingerprint density at radius 3 is 2.77 bits per heavy atom. The molecule has 0 aliphatic carbocycles. The molecule has 1 aromatic carbocycles. The van der Waals surface area contributed by atoms with Gasteiger partial charge >= 0.3 is 6.03 Å². The monoisotopic (exact) mass is 317 g/mol. The third-order valence-corrected chi connectivity index (χ3v) is 4.48. The van der Waals surface area contributed by atoms with E-state index in [0.29, 0.717) is 29.1 Å². The standard InChI is InChI=1S/C16H16FN3OS/c1-10-11(2)22-15(13(10)9-18)20-16(21)19-8-7-12-5-3-4-6-14(12)17/h3-6H,7-8H2,1-2H3,(H2,19,20,21). The minimum absolute atomic E-state index is 0.277. The van der Waals surface area contributed by atoms with Crippen LogP contribution in [0.2, 0.25) is 0 Å². The molecule has 2 rings (SSSR count). The Balaban J connectivity index is 1.90. The van der Waals surface area contributed by atoms with E-state index in [9.17, 15) is 9.18 Å². The summed E-state index contributed by atoms with van der Waals surface area (Å²) < 4.78 is 13.4. The number of rotatable bonds is 4. The predicted octanol–water partition coefficient (Wildman–Crippen LogP) is 3.74. The lowest BCUT2D eigenvalue weighted by atomic mass is 10.1. The van der Waals surface area contributed by atoms with Crippen molar-refractivity contribution in [3.8, 4) is 6.07 Å². The van der Waals surface area contributed by atoms with Gasteiger partial charge in [0.15, 0.2) is 0 Å². The first-order valence-electron chi connectivity index (χ1n) is 6.81. The number of aryl methyl sites for hydroxylation is 1. The van der Waals surface area contributed by atoms with Crippen LogP contribution in [0.15, 0.2) is 24.3 Å². The minimum atomic E-state index is -0.394. The highest BCUT2D eigenvalue weighted by Crippen LogP contribution is 2.31. The first kappa shape index (κ1) is 16.0. The molecule has 1 aromatic heterocycles. The van der Waals surface area contributed by atoms with Crippen molar-refractivity contribution >= 4 is 22.4 Å². The van der Waals surface area contributed by atoms with Crippen molar-refractivity contribution in [2.45, 2.75) is 20.3 Å². The van der Waals surface area contributed by atoms with Gasteiger partial charge in [-0.2, -0.15) is 5.26 Å². The fraction of sp³-hybridized carbons (Fsp3) is 0.250. The summed E-state index contributed by atoms with van der Waals surface area (Å²) in [7, 11) is 0. The molecule has 0 radical (unpaired) electrons. The summed E-state index contributed by atoms with van der Waals surface area (Å²) in [5, 5.41) is 15.0. The molecule has 0 saturated carbocycles. The van der Waals surface area contributed by atoms with Crippen molar-refractivity contribution in [2.24, 2.45) is 0 Å². The van der Waals surface area contributed by atoms with E-state index in [0.717, 1.165) is 10.4 Å². The van der Waals surface area contributed by atoms with Gasteiger partial charge in [-0.05, 0) is 37.5 Å². The number of nitriles is 1. The summed E-state index contributed by atoms with van der Waals surface area (Å²) in [6.07, 6.45) is 0.410. The number of urea groups is 1. The van der Waals surface area contributed by atoms with Gasteiger partial charge in [0.25, 0.3) is 0 Å². The largest absolute Gasteiger partial charge is 0.338 e. The molecular weight excluding hydrogens is 301 g/mol. The lowest BCUT2D eigenvalue weighted by molar-refractivity contribution is 0.252. The highest BCUT2D eigenvalue weighted by Gasteiger charge is 2.14. The number of hydrogen-bond donors (Lipinski definition) is 2. The van der Waals surface area contributed by atoms with Gasteiger partial charge in [0.2, 0.25) is 0 Å². The van der Waals surface area contributed by atoms with Crippen molar-refractivity contribution in [1.29, 1.82) is 5.26 Å². The Kier molecular flexibility index (Phi) is 5.12. The molecule has 0 saturated heterocycles. The summed E-state index contributed by atoms with van der Waals surface area (Å²) in [5.74, 6) is -0.277. The number of thiophene rings is 1. The maximum Gasteiger partial charge on any atom is 0.319 e. The second-order valence-corrected chi connectivity index (χ2v) is 6.05. The van der Waals surface area contributed by atoms with E-state index in [2.05, 4.69) is 16.7 Å². The van der Waals surface area contributed by atoms with Gasteiger partial charge in [0.1, 0.15) is 16.9 Å². The van der Waals surface area contributed by atoms with Crippen LogP contribution < -0.4 is 10.6 Å². The van der Waals surface area contributed by atoms with Crippen LogP contribution in [0.1, 0.15) is 21.6 Å². The fourth-order valence-corrected chi connectivity index (χ4v) is 3.01. The molecule has 0 atom stereocenters. The maximum atomic E-state index is 13.4. The Labute approximate surface area is 132 Å². The van der Waals surface area contributed by atoms with Crippen molar-refractivity contribution in [2.75, 3.05) is 11.9 Å². The molecule has 0 aliphatic rings. The van der Waals surface area contributed by atoms with Gasteiger partial charge < -0.3 is 5.32 Å². The molecule has 0 aliphatic heterocycles. The number of amides is 2. The Morgan fingerprint density at radius 2 is 2.09 bits per heavy atom. The average Bonchev–Trinajstić information content (AvgIpc) is 2.75. The Hall–Kier alpha value is -2.39. The van der Waals surface area contributed by atoms with Crippen molar-refractivity contribution in [3.05, 3.63) is 51.7 Å². The third kappa shape index (κ3) is 3.62. The first-order chi connectivity index (χ1) is 10.5. The zero-order chi connectivity index (χ0) is 16.1. The quantitative estimate of drug-likeness (QED) is 0.902. The third-order valence-electron chi connectivity index (χ3n) is 3.36. The smallest absolute Gasteiger partial charge is 0.319 e. The molecule has 2 amide bonds. The molecule has 2 aromatic rings. The van der Waals surface area contributed by atoms with Crippen LogP contribution in [0.5, 0.6) is 0 Å². The molecule has 114 valence electrons. The van der Waals surface area contributed by atoms with Crippen LogP contribution >= 0.6 is 11.3 Å². The minimum Gasteiger partial charge on any atom is -0.338 e. The molecule has 0 bridgehead atoms. The van der Waals surface area contributed by atoms with Crippen LogP contribution in [0.3, 0.4) is 0 Å². The predicted molar refractivity (Wildman–Crippen MR) is 85.6 cm³/mol. The molecule has 0 unspecified atom stereocenters. The van der Waals surface area contributed by atoms with Gasteiger partial charge in [-0.15, -0.1) is 11.3 Å². The Bertz CT molecular complexity index is 733. The molecule has 0 spiro atoms. The van der Waals surface area contributed by atoms with E-state index in [-0.39, 0.29) is 5.82 Å². The highest BCUT2D eigenvalue weighted by molar-refractivity contribution is 7.16. The van der Waals surface area contributed by atoms with E-state index >= 15 is 0 Å². The fourth-order valence-electron chi connectivity index (χ4n) is 2.01. The molecule has 4 nitrogen and oxygen atoms in total. The van der Waals surface area contributed by atoms with Gasteiger partial charge in [-0.25, -0.2) is 9.18 Å². The van der Waals surface area contributed by atoms with Gasteiger partial charge in [-0.1, -0.05) is 18.2 Å². The van der Waals surface area contributed by atoms with Crippen molar-refractivity contribution in [1.82, 2.24) is 5.32 Å². The van der Waals surface area contributed by atoms with E-state index in [4.69, 9.17) is 5.26 Å². The van der Waals surface area contributed by atoms with Crippen LogP contribution in [-0.4, -0.2) is 12.6 Å². The summed E-state index contributed by atoms with van der Waals surface area (Å²) in [4.78, 5) is 12.9. The van der Waals surface area contributed by atoms with Crippen LogP contribution in [0.4, 0.5) is 14.2 Å². The molecule has 0 fully saturated rings. The number of halogens is 1. The van der Waals surface area contributed by atoms with Crippen LogP contribution in [-0.2, 0) is 6.42 Å². The van der Waals surface area contributed by atoms with E-state index in [1.807, 2.05) is 13.8 Å². The lowest BCUT2D eigenvalue weighted by Crippen LogP contribution is -2.30. The van der Waals surface area contributed by atoms with Gasteiger partial charge in [-0.3, -0.25) is 5.32 Å². The molecule has 22 heavy (non-hydrogen) atoms. The number of nitrogens with zero attached hydrogens (tertiary/aromatic N) is 1. The van der Waals surface area contributed by atoms with E-state index < -0.39 is 6.03 Å². The van der Waals surface area contributed by atoms with Crippen LogP contribution in [0, 0.1) is 31.0 Å². The normalized spacial score (nSPS) is 10.1. The van der Waals surface area contributed by atoms with Crippen molar-refractivity contribution in [3.63, 3.8) is 0 Å². The molecule has 2 N–H and O–H groups in total. The second kappa shape index (κ2) is 7.05. The summed E-state index contributed by atoms with van der Waals surface area (Å²) in [6.45, 7) is 4.08. The van der Waals surface area contributed by atoms with Crippen molar-refractivity contribution < 1.29 is 9.18 Å². The lowest BCUT2D eigenvalue weighted by Gasteiger charge is -2.07. The molecule has 6 heteroatoms. The van der Waals surface area contributed by atoms with Gasteiger partial charge in [0.05, 0.1) is 5.56 Å². The number of hydrogen-bond acceptors (Lipinski definition) is 3. The average molecular weight is 317 g/mol. The van der Waals surface area contributed by atoms with E-state index in [1.54, 1.807) is 18.2 Å². The summed E-state index contributed by atoms with van der Waals surface area (Å²) in [6, 6.07) is 8.17. The zero-order valence-corrected chi connectivity index (χ0v) is 13.2. The first-order valence-corrected chi connectivity index (χ1v) is 7.63. The number of carbonyl (C=O) groups excluding carboxylic acids is 1. The summed E-state index contributed by atoms with van der Waals surface area (Å²) in [5.41, 5.74) is 1.93. The topological polar surface area (TPSA) is 64.9 Å².